The molecular weight excluding hydrogens is 927 g/mol. The van der Waals surface area contributed by atoms with Crippen LogP contribution in [0.5, 0.6) is 0 Å². The number of hydrogen-bond donors (Lipinski definition) is 5. The summed E-state index contributed by atoms with van der Waals surface area (Å²) >= 11 is 1.88. The second kappa shape index (κ2) is 18.2. The molecule has 0 radical (unpaired) electrons. The number of carbonyl (C=O) groups is 6. The zero-order valence-corrected chi connectivity index (χ0v) is 40.3. The number of carbonyl (C=O) groups excluding carboxylic acids is 6. The first-order valence-electron chi connectivity index (χ1n) is 24.2. The van der Waals surface area contributed by atoms with Gasteiger partial charge in [-0.3, -0.25) is 14.4 Å². The van der Waals surface area contributed by atoms with Gasteiger partial charge in [0.15, 0.2) is 23.6 Å². The number of fused-ring (bicyclic) bond motifs is 2. The molecule has 2 aromatic rings. The van der Waals surface area contributed by atoms with E-state index < -0.39 is 87.9 Å². The predicted molar refractivity (Wildman–Crippen MR) is 246 cm³/mol. The topological polar surface area (TPSA) is 244 Å². The van der Waals surface area contributed by atoms with E-state index in [0.717, 1.165) is 25.0 Å². The number of benzene rings is 2. The third-order valence-electron chi connectivity index (χ3n) is 16.2. The number of ether oxygens (including phenoxy) is 7. The van der Waals surface area contributed by atoms with Gasteiger partial charge in [-0.05, 0) is 67.3 Å². The van der Waals surface area contributed by atoms with E-state index in [-0.39, 0.29) is 49.4 Å². The van der Waals surface area contributed by atoms with Gasteiger partial charge in [0, 0.05) is 40.7 Å². The summed E-state index contributed by atoms with van der Waals surface area (Å²) in [6.07, 6.45) is -3.62. The van der Waals surface area contributed by atoms with E-state index in [1.807, 2.05) is 32.5 Å². The maximum absolute atomic E-state index is 14.1. The Balaban J connectivity index is 0.682. The highest BCUT2D eigenvalue weighted by atomic mass is 32.2. The minimum atomic E-state index is -2.32. The Kier molecular flexibility index (Phi) is 12.6. The summed E-state index contributed by atoms with van der Waals surface area (Å²) in [5.74, 6) is 2.44. The molecule has 374 valence electrons. The number of unbranched alkanes of at least 4 members (excludes halogenated alkanes) is 1. The highest BCUT2D eigenvalue weighted by Crippen LogP contribution is 2.85. The van der Waals surface area contributed by atoms with Crippen LogP contribution in [-0.4, -0.2) is 144 Å². The minimum absolute atomic E-state index is 0.00319. The summed E-state index contributed by atoms with van der Waals surface area (Å²) in [7, 11) is 0. The van der Waals surface area contributed by atoms with Crippen molar-refractivity contribution in [2.75, 3.05) is 38.7 Å². The Morgan fingerprint density at radius 1 is 0.929 bits per heavy atom. The van der Waals surface area contributed by atoms with Crippen LogP contribution in [0, 0.1) is 39.9 Å². The average molecular weight is 986 g/mol. The lowest BCUT2D eigenvalue weighted by atomic mass is 9.51. The Morgan fingerprint density at radius 2 is 1.66 bits per heavy atom. The number of thioether (sulfide) groups is 1. The van der Waals surface area contributed by atoms with Crippen LogP contribution in [0.2, 0.25) is 0 Å². The molecule has 6 heterocycles. The van der Waals surface area contributed by atoms with Gasteiger partial charge in [-0.25, -0.2) is 14.4 Å². The molecular formula is C51H59N3O15S. The molecule has 0 bridgehead atoms. The number of aliphatic hydroxyl groups excluding tert-OH is 1. The van der Waals surface area contributed by atoms with Crippen LogP contribution in [0.1, 0.15) is 86.8 Å². The largest absolute Gasteiger partial charge is 0.459 e. The molecule has 2 aromatic carbocycles. The van der Waals surface area contributed by atoms with Gasteiger partial charge < -0.3 is 59.3 Å². The van der Waals surface area contributed by atoms with Gasteiger partial charge >= 0.3 is 23.9 Å². The Morgan fingerprint density at radius 3 is 2.40 bits per heavy atom. The first-order chi connectivity index (χ1) is 33.5. The number of rotatable bonds is 17. The number of hydrogen-bond acceptors (Lipinski definition) is 16. The predicted octanol–water partition coefficient (Wildman–Crippen LogP) is 2.31. The molecule has 8 aliphatic rings. The van der Waals surface area contributed by atoms with E-state index >= 15 is 0 Å². The van der Waals surface area contributed by atoms with Crippen molar-refractivity contribution in [3.05, 3.63) is 70.8 Å². The number of esters is 3. The van der Waals surface area contributed by atoms with Gasteiger partial charge in [-0.15, -0.1) is 0 Å². The lowest BCUT2D eigenvalue weighted by Crippen LogP contribution is -2.67. The first kappa shape index (κ1) is 48.6. The second-order valence-electron chi connectivity index (χ2n) is 20.7. The molecule has 6 saturated heterocycles. The molecule has 0 unspecified atom stereocenters. The van der Waals surface area contributed by atoms with Gasteiger partial charge in [0.05, 0.1) is 55.3 Å². The van der Waals surface area contributed by atoms with Crippen LogP contribution in [0.15, 0.2) is 48.5 Å². The second-order valence-corrected chi connectivity index (χ2v) is 22.0. The van der Waals surface area contributed by atoms with E-state index in [2.05, 4.69) is 27.8 Å². The fourth-order valence-electron chi connectivity index (χ4n) is 13.2. The molecule has 2 saturated carbocycles. The molecule has 2 spiro atoms. The van der Waals surface area contributed by atoms with E-state index in [9.17, 15) is 39.0 Å². The third kappa shape index (κ3) is 7.21. The van der Waals surface area contributed by atoms with Crippen molar-refractivity contribution in [3.8, 4) is 11.8 Å². The summed E-state index contributed by atoms with van der Waals surface area (Å²) < 4.78 is 41.6. The number of amides is 3. The summed E-state index contributed by atoms with van der Waals surface area (Å²) in [6, 6.07) is 14.0. The molecule has 18 nitrogen and oxygen atoms in total. The van der Waals surface area contributed by atoms with Crippen LogP contribution >= 0.6 is 11.8 Å². The van der Waals surface area contributed by atoms with Crippen LogP contribution in [0.25, 0.3) is 0 Å². The molecule has 19 heteroatoms. The summed E-state index contributed by atoms with van der Waals surface area (Å²) in [6.45, 7) is 8.88. The smallest absolute Gasteiger partial charge is 0.343 e. The monoisotopic (exact) mass is 985 g/mol. The quantitative estimate of drug-likeness (QED) is 0.0382. The van der Waals surface area contributed by atoms with Gasteiger partial charge in [-0.1, -0.05) is 63.3 Å². The number of ketones is 1. The highest BCUT2D eigenvalue weighted by Gasteiger charge is 3.04. The summed E-state index contributed by atoms with van der Waals surface area (Å²) in [5, 5.41) is 34.0. The van der Waals surface area contributed by atoms with Crippen molar-refractivity contribution >= 4 is 47.4 Å². The number of aliphatic hydroxyl groups is 2. The van der Waals surface area contributed by atoms with Crippen LogP contribution in [0.4, 0.5) is 4.79 Å². The molecule has 6 aliphatic heterocycles. The molecule has 5 N–H and O–H groups in total. The normalized spacial score (nSPS) is 37.0. The molecule has 2 aliphatic carbocycles. The van der Waals surface area contributed by atoms with Crippen LogP contribution in [-0.2, 0) is 58.9 Å². The Hall–Kier alpha value is -5.07. The molecule has 14 atom stereocenters. The molecule has 8 fully saturated rings. The summed E-state index contributed by atoms with van der Waals surface area (Å²) in [4.78, 5) is 78.2. The van der Waals surface area contributed by atoms with Gasteiger partial charge in [0.1, 0.15) is 18.8 Å². The van der Waals surface area contributed by atoms with Crippen molar-refractivity contribution < 1.29 is 72.1 Å². The van der Waals surface area contributed by atoms with Crippen molar-refractivity contribution in [1.29, 1.82) is 0 Å². The molecule has 3 amide bonds. The van der Waals surface area contributed by atoms with Crippen molar-refractivity contribution in [1.82, 2.24) is 16.0 Å². The molecule has 0 aromatic heterocycles. The third-order valence-corrected chi connectivity index (χ3v) is 17.7. The summed E-state index contributed by atoms with van der Waals surface area (Å²) in [5.41, 5.74) is -6.30. The molecule has 70 heavy (non-hydrogen) atoms. The van der Waals surface area contributed by atoms with Crippen LogP contribution in [0.3, 0.4) is 0 Å². The fraction of sp³-hybridized carbons (Fsp3) is 0.608. The van der Waals surface area contributed by atoms with E-state index in [4.69, 9.17) is 33.2 Å². The average Bonchev–Trinajstić information content (AvgIpc) is 4.18. The Bertz CT molecular complexity index is 2510. The number of urea groups is 1. The zero-order valence-electron chi connectivity index (χ0n) is 39.5. The van der Waals surface area contributed by atoms with Crippen molar-refractivity contribution in [3.63, 3.8) is 0 Å². The van der Waals surface area contributed by atoms with E-state index in [1.165, 1.54) is 6.92 Å². The van der Waals surface area contributed by atoms with Crippen molar-refractivity contribution in [2.45, 2.75) is 126 Å². The standard InChI is InChI=1S/C51H59N3O15S/c1-27-42(58)67-40-39(57)49-35-24-34(47(2,3)4)48(49)41(43(59)68-45(48)69-51(49,44(60)66-35)50(27,40)62)65-25-29-13-17-31(18-14-29)38(56)30-15-11-28(12-16-30)8-7-20-63-22-23-64-21-19-52-36(55)10-6-5-9-33-37-32(26-70-33)53-46(61)54-37/h11-18,27,32-35,37,39-41,45,57,62H,5-6,9-10,19-26H2,1-4H3,(H,52,55)(H2,53,54,61)/t27-,32+,33+,34+,35+,37+,39-,40-,41+,45-,48-,49-,50+,51+/m1/s1. The lowest BCUT2D eigenvalue weighted by molar-refractivity contribution is -0.240. The maximum atomic E-state index is 14.1. The zero-order chi connectivity index (χ0) is 49.4. The first-order valence-corrected chi connectivity index (χ1v) is 25.2. The maximum Gasteiger partial charge on any atom is 0.343 e. The SMILES string of the molecule is C[C@@H]1C(=O)O[C@@H]2[C@@H](O)[C@]34[C@@H]5C[C@@H](C(C)(C)C)[C@@]36[C@H](OC(=O)[C@@H]6OCc3ccc(C(=O)c6ccc(C#CCOCCOCCNC(=O)CCCC[C@@H]7SC[C@@H]8NC(=O)N[C@@H]87)cc6)cc3)O[C@]4(C(=O)O5)[C@]12O. The van der Waals surface area contributed by atoms with Gasteiger partial charge in [0.2, 0.25) is 17.8 Å². The van der Waals surface area contributed by atoms with Crippen LogP contribution < -0.4 is 16.0 Å². The van der Waals surface area contributed by atoms with E-state index in [0.29, 0.717) is 60.3 Å². The minimum Gasteiger partial charge on any atom is -0.459 e. The van der Waals surface area contributed by atoms with E-state index in [1.54, 1.807) is 48.5 Å². The van der Waals surface area contributed by atoms with Gasteiger partial charge in [0.25, 0.3) is 0 Å². The number of nitrogens with one attached hydrogen (secondary N) is 3. The Labute approximate surface area is 409 Å². The lowest BCUT2D eigenvalue weighted by Gasteiger charge is -2.48. The van der Waals surface area contributed by atoms with Gasteiger partial charge in [-0.2, -0.15) is 11.8 Å². The molecule has 10 rings (SSSR count). The fourth-order valence-corrected chi connectivity index (χ4v) is 14.8. The highest BCUT2D eigenvalue weighted by molar-refractivity contribution is 8.00. The van der Waals surface area contributed by atoms with Crippen molar-refractivity contribution in [2.24, 2.45) is 28.1 Å².